The smallest absolute Gasteiger partial charge is 0.215 e. The first kappa shape index (κ1) is 21.2. The van der Waals surface area contributed by atoms with Crippen LogP contribution in [0.5, 0.6) is 5.88 Å². The van der Waals surface area contributed by atoms with Crippen LogP contribution in [-0.2, 0) is 11.8 Å². The number of thiazole rings is 1. The fourth-order valence-electron chi connectivity index (χ4n) is 3.66. The topological polar surface area (TPSA) is 69.9 Å². The average Bonchev–Trinajstić information content (AvgIpc) is 3.30. The molecule has 0 saturated heterocycles. The van der Waals surface area contributed by atoms with E-state index in [2.05, 4.69) is 53.2 Å². The maximum absolute atomic E-state index is 12.5. The van der Waals surface area contributed by atoms with Gasteiger partial charge in [0, 0.05) is 30.6 Å². The molecule has 0 fully saturated rings. The van der Waals surface area contributed by atoms with Gasteiger partial charge in [-0.3, -0.25) is 4.79 Å². The molecule has 0 unspecified atom stereocenters. The third-order valence-corrected chi connectivity index (χ3v) is 6.27. The fraction of sp³-hybridized carbons (Fsp3) is 0.333. The van der Waals surface area contributed by atoms with Crippen molar-refractivity contribution < 1.29 is 9.53 Å². The number of hydrogen-bond acceptors (Lipinski definition) is 6. The van der Waals surface area contributed by atoms with Crippen molar-refractivity contribution >= 4 is 28.2 Å². The van der Waals surface area contributed by atoms with Gasteiger partial charge in [0.15, 0.2) is 11.4 Å². The minimum Gasteiger partial charge on any atom is -0.470 e. The van der Waals surface area contributed by atoms with Crippen molar-refractivity contribution in [2.45, 2.75) is 40.0 Å². The zero-order valence-electron chi connectivity index (χ0n) is 18.5. The summed E-state index contributed by atoms with van der Waals surface area (Å²) in [6.07, 6.45) is 2.29. The highest BCUT2D eigenvalue weighted by Crippen LogP contribution is 2.33. The number of rotatable bonds is 7. The quantitative estimate of drug-likeness (QED) is 0.402. The van der Waals surface area contributed by atoms with E-state index >= 15 is 0 Å². The zero-order chi connectivity index (χ0) is 22.1. The number of benzene rings is 1. The first-order valence-electron chi connectivity index (χ1n) is 10.3. The third kappa shape index (κ3) is 4.51. The van der Waals surface area contributed by atoms with Gasteiger partial charge in [-0.2, -0.15) is 10.1 Å². The number of pyridine rings is 1. The largest absolute Gasteiger partial charge is 0.470 e. The van der Waals surface area contributed by atoms with Crippen LogP contribution in [0.25, 0.3) is 21.7 Å². The molecule has 3 heterocycles. The van der Waals surface area contributed by atoms with Gasteiger partial charge in [0.1, 0.15) is 17.3 Å². The Labute approximate surface area is 185 Å². The van der Waals surface area contributed by atoms with Gasteiger partial charge in [0.25, 0.3) is 0 Å². The van der Waals surface area contributed by atoms with E-state index in [1.807, 2.05) is 33.2 Å². The summed E-state index contributed by atoms with van der Waals surface area (Å²) < 4.78 is 7.51. The van der Waals surface area contributed by atoms with Crippen molar-refractivity contribution in [1.82, 2.24) is 19.7 Å². The molecule has 0 aliphatic carbocycles. The molecule has 0 spiro atoms. The van der Waals surface area contributed by atoms with E-state index in [0.717, 1.165) is 37.7 Å². The van der Waals surface area contributed by atoms with Crippen molar-refractivity contribution in [3.63, 3.8) is 0 Å². The number of nitrogens with zero attached hydrogens (tertiary/aromatic N) is 4. The Bertz CT molecular complexity index is 1240. The second kappa shape index (κ2) is 8.59. The second-order valence-corrected chi connectivity index (χ2v) is 9.30. The molecule has 0 N–H and O–H groups in total. The predicted molar refractivity (Wildman–Crippen MR) is 124 cm³/mol. The average molecular weight is 435 g/mol. The fourth-order valence-corrected chi connectivity index (χ4v) is 4.41. The number of ketones is 1. The Balaban J connectivity index is 1.48. The molecule has 31 heavy (non-hydrogen) atoms. The van der Waals surface area contributed by atoms with Gasteiger partial charge in [0.2, 0.25) is 5.88 Å². The number of aromatic nitrogens is 4. The lowest BCUT2D eigenvalue weighted by molar-refractivity contribution is -0.121. The van der Waals surface area contributed by atoms with Gasteiger partial charge in [-0.25, -0.2) is 9.67 Å². The van der Waals surface area contributed by atoms with Crippen molar-refractivity contribution in [3.8, 4) is 16.6 Å². The second-order valence-electron chi connectivity index (χ2n) is 8.07. The molecule has 0 saturated carbocycles. The molecule has 1 aromatic carbocycles. The highest BCUT2D eigenvalue weighted by Gasteiger charge is 2.19. The molecule has 160 valence electrons. The Morgan fingerprint density at radius 3 is 2.61 bits per heavy atom. The Hall–Kier alpha value is -3.06. The van der Waals surface area contributed by atoms with Gasteiger partial charge in [-0.15, -0.1) is 11.3 Å². The molecular formula is C24H26N4O2S. The van der Waals surface area contributed by atoms with E-state index in [1.165, 1.54) is 5.56 Å². The molecule has 0 bridgehead atoms. The SMILES string of the molecule is Cc1ccc([C@H](C)CC(=O)COc2cc(C)c3c(-c4ncc(C)s4)nn(C)c3n2)cc1. The van der Waals surface area contributed by atoms with Crippen LogP contribution in [0.3, 0.4) is 0 Å². The van der Waals surface area contributed by atoms with E-state index in [-0.39, 0.29) is 18.3 Å². The monoisotopic (exact) mass is 434 g/mol. The highest BCUT2D eigenvalue weighted by molar-refractivity contribution is 7.15. The summed E-state index contributed by atoms with van der Waals surface area (Å²) in [5.74, 6) is 0.637. The molecule has 0 amide bonds. The lowest BCUT2D eigenvalue weighted by Crippen LogP contribution is -2.14. The van der Waals surface area contributed by atoms with Gasteiger partial charge in [-0.05, 0) is 37.8 Å². The minimum absolute atomic E-state index is 0.00450. The zero-order valence-corrected chi connectivity index (χ0v) is 19.3. The van der Waals surface area contributed by atoms with Crippen LogP contribution in [0.15, 0.2) is 36.5 Å². The first-order valence-corrected chi connectivity index (χ1v) is 11.1. The van der Waals surface area contributed by atoms with Gasteiger partial charge in [0.05, 0.1) is 5.39 Å². The molecule has 0 aliphatic heterocycles. The summed E-state index contributed by atoms with van der Waals surface area (Å²) in [6.45, 7) is 8.16. The molecule has 1 atom stereocenters. The van der Waals surface area contributed by atoms with Crippen LogP contribution in [0, 0.1) is 20.8 Å². The van der Waals surface area contributed by atoms with E-state index in [4.69, 9.17) is 4.74 Å². The molecular weight excluding hydrogens is 408 g/mol. The Morgan fingerprint density at radius 1 is 1.19 bits per heavy atom. The molecule has 3 aromatic heterocycles. The van der Waals surface area contributed by atoms with E-state index in [0.29, 0.717) is 12.3 Å². The van der Waals surface area contributed by atoms with Crippen LogP contribution in [0.1, 0.15) is 40.8 Å². The van der Waals surface area contributed by atoms with Crippen molar-refractivity contribution in [3.05, 3.63) is 58.1 Å². The van der Waals surface area contributed by atoms with E-state index in [1.54, 1.807) is 16.0 Å². The molecule has 7 heteroatoms. The summed E-state index contributed by atoms with van der Waals surface area (Å²) in [5.41, 5.74) is 4.92. The molecule has 4 rings (SSSR count). The number of hydrogen-bond donors (Lipinski definition) is 0. The normalized spacial score (nSPS) is 12.3. The van der Waals surface area contributed by atoms with Crippen LogP contribution >= 0.6 is 11.3 Å². The minimum atomic E-state index is 0.00450. The summed E-state index contributed by atoms with van der Waals surface area (Å²) in [4.78, 5) is 22.7. The van der Waals surface area contributed by atoms with Crippen molar-refractivity contribution in [1.29, 1.82) is 0 Å². The number of carbonyl (C=O) groups is 1. The van der Waals surface area contributed by atoms with Gasteiger partial charge >= 0.3 is 0 Å². The first-order chi connectivity index (χ1) is 14.8. The molecule has 0 radical (unpaired) electrons. The number of fused-ring (bicyclic) bond motifs is 1. The van der Waals surface area contributed by atoms with E-state index < -0.39 is 0 Å². The standard InChI is InChI=1S/C24H26N4O2S/c1-14-6-8-18(9-7-14)15(2)10-19(29)13-30-20-11-16(3)21-22(24-25-12-17(4)31-24)27-28(5)23(21)26-20/h6-9,11-12,15H,10,13H2,1-5H3/t15-/m1/s1. The lowest BCUT2D eigenvalue weighted by Gasteiger charge is -2.12. The maximum atomic E-state index is 12.5. The Morgan fingerprint density at radius 2 is 1.94 bits per heavy atom. The summed E-state index contributed by atoms with van der Waals surface area (Å²) in [7, 11) is 1.86. The summed E-state index contributed by atoms with van der Waals surface area (Å²) >= 11 is 1.61. The molecule has 4 aromatic rings. The third-order valence-electron chi connectivity index (χ3n) is 5.35. The summed E-state index contributed by atoms with van der Waals surface area (Å²) in [6, 6.07) is 10.2. The lowest BCUT2D eigenvalue weighted by atomic mass is 9.95. The van der Waals surface area contributed by atoms with Crippen LogP contribution in [0.2, 0.25) is 0 Å². The Kier molecular flexibility index (Phi) is 5.87. The maximum Gasteiger partial charge on any atom is 0.215 e. The van der Waals surface area contributed by atoms with Crippen LogP contribution < -0.4 is 4.74 Å². The highest BCUT2D eigenvalue weighted by atomic mass is 32.1. The number of carbonyl (C=O) groups excluding carboxylic acids is 1. The predicted octanol–water partition coefficient (Wildman–Crippen LogP) is 5.16. The van der Waals surface area contributed by atoms with Crippen LogP contribution in [0.4, 0.5) is 0 Å². The van der Waals surface area contributed by atoms with Gasteiger partial charge < -0.3 is 4.74 Å². The van der Waals surface area contributed by atoms with Gasteiger partial charge in [-0.1, -0.05) is 36.8 Å². The van der Waals surface area contributed by atoms with Crippen LogP contribution in [-0.4, -0.2) is 32.1 Å². The molecule has 6 nitrogen and oxygen atoms in total. The number of Topliss-reactive ketones (excluding diaryl/α,β-unsaturated/α-hetero) is 1. The van der Waals surface area contributed by atoms with Crippen molar-refractivity contribution in [2.24, 2.45) is 7.05 Å². The van der Waals surface area contributed by atoms with E-state index in [9.17, 15) is 4.79 Å². The number of aryl methyl sites for hydroxylation is 4. The molecule has 0 aliphatic rings. The number of ether oxygens (including phenoxy) is 1. The van der Waals surface area contributed by atoms with Crippen molar-refractivity contribution in [2.75, 3.05) is 6.61 Å². The summed E-state index contributed by atoms with van der Waals surface area (Å²) in [5, 5.41) is 6.47.